The molecule has 0 aliphatic heterocycles. The summed E-state index contributed by atoms with van der Waals surface area (Å²) in [5, 5.41) is 8.53. The van der Waals surface area contributed by atoms with E-state index in [1.807, 2.05) is 0 Å². The number of rotatable bonds is 3. The highest BCUT2D eigenvalue weighted by Crippen LogP contribution is 2.06. The fraction of sp³-hybridized carbons (Fsp3) is 0.167. The maximum Gasteiger partial charge on any atom is 0.150 e. The summed E-state index contributed by atoms with van der Waals surface area (Å²) >= 11 is 0. The van der Waals surface area contributed by atoms with Crippen LogP contribution in [0.25, 0.3) is 0 Å². The van der Waals surface area contributed by atoms with Gasteiger partial charge in [-0.2, -0.15) is 0 Å². The largest absolute Gasteiger partial charge is 0.395 e. The molecule has 0 unspecified atom stereocenters. The van der Waals surface area contributed by atoms with Gasteiger partial charge in [0.2, 0.25) is 0 Å². The van der Waals surface area contributed by atoms with E-state index in [2.05, 4.69) is 11.8 Å². The van der Waals surface area contributed by atoms with E-state index in [0.29, 0.717) is 35.7 Å². The van der Waals surface area contributed by atoms with Crippen molar-refractivity contribution in [1.29, 1.82) is 0 Å². The zero-order valence-corrected chi connectivity index (χ0v) is 8.06. The van der Waals surface area contributed by atoms with E-state index in [9.17, 15) is 9.59 Å². The summed E-state index contributed by atoms with van der Waals surface area (Å²) in [5.41, 5.74) is 1.45. The highest BCUT2D eigenvalue weighted by atomic mass is 16.2. The molecule has 15 heavy (non-hydrogen) atoms. The third-order valence-electron chi connectivity index (χ3n) is 1.72. The van der Waals surface area contributed by atoms with Crippen LogP contribution in [0.4, 0.5) is 0 Å². The second-order valence-electron chi connectivity index (χ2n) is 2.90. The molecular formula is C12H10O3. The van der Waals surface area contributed by atoms with Gasteiger partial charge < -0.3 is 5.11 Å². The molecule has 0 atom stereocenters. The summed E-state index contributed by atoms with van der Waals surface area (Å²) in [7, 11) is 0. The van der Waals surface area contributed by atoms with Crippen LogP contribution in [-0.2, 0) is 0 Å². The molecule has 3 heteroatoms. The van der Waals surface area contributed by atoms with Gasteiger partial charge in [-0.1, -0.05) is 11.8 Å². The van der Waals surface area contributed by atoms with Crippen molar-refractivity contribution in [2.45, 2.75) is 6.42 Å². The first kappa shape index (κ1) is 11.2. The van der Waals surface area contributed by atoms with Crippen LogP contribution in [0, 0.1) is 11.8 Å². The SMILES string of the molecule is O=Cc1cc(C#CCCO)cc(C=O)c1. The molecule has 1 rings (SSSR count). The zero-order chi connectivity index (χ0) is 11.1. The summed E-state index contributed by atoms with van der Waals surface area (Å²) in [6.07, 6.45) is 1.72. The zero-order valence-electron chi connectivity index (χ0n) is 8.06. The van der Waals surface area contributed by atoms with E-state index in [1.165, 1.54) is 6.07 Å². The standard InChI is InChI=1S/C12H10O3/c13-4-2-1-3-10-5-11(8-14)7-12(6-10)9-15/h5-9,13H,2,4H2. The Bertz CT molecular complexity index is 398. The Balaban J connectivity index is 3.03. The van der Waals surface area contributed by atoms with Crippen LogP contribution < -0.4 is 0 Å². The number of carbonyl (C=O) groups is 2. The van der Waals surface area contributed by atoms with Crippen LogP contribution in [0.5, 0.6) is 0 Å². The lowest BCUT2D eigenvalue weighted by molar-refractivity contribution is 0.112. The van der Waals surface area contributed by atoms with Crippen LogP contribution in [-0.4, -0.2) is 24.3 Å². The van der Waals surface area contributed by atoms with E-state index in [0.717, 1.165) is 0 Å². The van der Waals surface area contributed by atoms with Crippen molar-refractivity contribution in [2.75, 3.05) is 6.61 Å². The molecule has 76 valence electrons. The summed E-state index contributed by atoms with van der Waals surface area (Å²) < 4.78 is 0. The number of aliphatic hydroxyl groups excluding tert-OH is 1. The first-order chi connectivity index (χ1) is 7.30. The average molecular weight is 202 g/mol. The number of carbonyl (C=O) groups excluding carboxylic acids is 2. The maximum atomic E-state index is 10.6. The fourth-order valence-electron chi connectivity index (χ4n) is 1.11. The smallest absolute Gasteiger partial charge is 0.150 e. The highest BCUT2D eigenvalue weighted by molar-refractivity contribution is 5.83. The third kappa shape index (κ3) is 3.37. The molecule has 0 radical (unpaired) electrons. The van der Waals surface area contributed by atoms with Gasteiger partial charge in [-0.3, -0.25) is 9.59 Å². The first-order valence-corrected chi connectivity index (χ1v) is 4.45. The van der Waals surface area contributed by atoms with Gasteiger partial charge in [-0.05, 0) is 18.2 Å². The van der Waals surface area contributed by atoms with E-state index in [-0.39, 0.29) is 6.61 Å². The summed E-state index contributed by atoms with van der Waals surface area (Å²) in [6, 6.07) is 4.70. The lowest BCUT2D eigenvalue weighted by Gasteiger charge is -1.95. The van der Waals surface area contributed by atoms with Crippen molar-refractivity contribution < 1.29 is 14.7 Å². The molecule has 0 saturated heterocycles. The predicted molar refractivity (Wildman–Crippen MR) is 55.8 cm³/mol. The van der Waals surface area contributed by atoms with E-state index in [1.54, 1.807) is 12.1 Å². The normalized spacial score (nSPS) is 8.87. The van der Waals surface area contributed by atoms with Gasteiger partial charge in [0.25, 0.3) is 0 Å². The molecule has 1 N–H and O–H groups in total. The fourth-order valence-corrected chi connectivity index (χ4v) is 1.11. The molecule has 1 aromatic rings. The van der Waals surface area contributed by atoms with Crippen molar-refractivity contribution >= 4 is 12.6 Å². The molecule has 0 amide bonds. The summed E-state index contributed by atoms with van der Waals surface area (Å²) in [4.78, 5) is 21.1. The minimum atomic E-state index is 0.000902. The Kier molecular flexibility index (Phi) is 4.27. The number of benzene rings is 1. The van der Waals surface area contributed by atoms with Gasteiger partial charge in [-0.15, -0.1) is 0 Å². The Morgan fingerprint density at radius 1 is 1.13 bits per heavy atom. The second-order valence-corrected chi connectivity index (χ2v) is 2.90. The molecule has 0 aliphatic rings. The molecule has 1 aromatic carbocycles. The lowest BCUT2D eigenvalue weighted by Crippen LogP contribution is -1.88. The Labute approximate surface area is 87.7 Å². The van der Waals surface area contributed by atoms with Crippen molar-refractivity contribution in [3.05, 3.63) is 34.9 Å². The Morgan fingerprint density at radius 3 is 2.20 bits per heavy atom. The highest BCUT2D eigenvalue weighted by Gasteiger charge is 1.97. The first-order valence-electron chi connectivity index (χ1n) is 4.45. The quantitative estimate of drug-likeness (QED) is 0.588. The number of hydrogen-bond donors (Lipinski definition) is 1. The molecule has 0 fully saturated rings. The van der Waals surface area contributed by atoms with Gasteiger partial charge in [0, 0.05) is 23.1 Å². The van der Waals surface area contributed by atoms with Crippen molar-refractivity contribution in [3.8, 4) is 11.8 Å². The summed E-state index contributed by atoms with van der Waals surface area (Å²) in [6.45, 7) is 0.000902. The van der Waals surface area contributed by atoms with Crippen LogP contribution in [0.15, 0.2) is 18.2 Å². The van der Waals surface area contributed by atoms with Crippen LogP contribution in [0.1, 0.15) is 32.7 Å². The molecule has 0 spiro atoms. The van der Waals surface area contributed by atoms with Crippen LogP contribution in [0.3, 0.4) is 0 Å². The van der Waals surface area contributed by atoms with Gasteiger partial charge in [0.1, 0.15) is 12.6 Å². The number of aliphatic hydroxyl groups is 1. The van der Waals surface area contributed by atoms with E-state index >= 15 is 0 Å². The van der Waals surface area contributed by atoms with Crippen molar-refractivity contribution in [1.82, 2.24) is 0 Å². The molecule has 0 saturated carbocycles. The summed E-state index contributed by atoms with van der Waals surface area (Å²) in [5.74, 6) is 5.49. The minimum Gasteiger partial charge on any atom is -0.395 e. The molecule has 0 bridgehead atoms. The van der Waals surface area contributed by atoms with E-state index < -0.39 is 0 Å². The minimum absolute atomic E-state index is 0.000902. The van der Waals surface area contributed by atoms with Crippen LogP contribution >= 0.6 is 0 Å². The van der Waals surface area contributed by atoms with Gasteiger partial charge >= 0.3 is 0 Å². The molecule has 0 heterocycles. The molecule has 0 aliphatic carbocycles. The lowest BCUT2D eigenvalue weighted by atomic mass is 10.1. The molecular weight excluding hydrogens is 192 g/mol. The molecule has 3 nitrogen and oxygen atoms in total. The monoisotopic (exact) mass is 202 g/mol. The van der Waals surface area contributed by atoms with Gasteiger partial charge in [-0.25, -0.2) is 0 Å². The third-order valence-corrected chi connectivity index (χ3v) is 1.72. The topological polar surface area (TPSA) is 54.4 Å². The number of aldehydes is 2. The predicted octanol–water partition coefficient (Wildman–Crippen LogP) is 1.05. The van der Waals surface area contributed by atoms with Crippen molar-refractivity contribution in [3.63, 3.8) is 0 Å². The Morgan fingerprint density at radius 2 is 1.73 bits per heavy atom. The number of hydrogen-bond acceptors (Lipinski definition) is 3. The molecule has 0 aromatic heterocycles. The Hall–Kier alpha value is -1.92. The van der Waals surface area contributed by atoms with Gasteiger partial charge in [0.15, 0.2) is 0 Å². The maximum absolute atomic E-state index is 10.6. The van der Waals surface area contributed by atoms with Crippen molar-refractivity contribution in [2.24, 2.45) is 0 Å². The van der Waals surface area contributed by atoms with E-state index in [4.69, 9.17) is 5.11 Å². The average Bonchev–Trinajstić information content (AvgIpc) is 2.29. The second kappa shape index (κ2) is 5.74. The van der Waals surface area contributed by atoms with Crippen LogP contribution in [0.2, 0.25) is 0 Å². The van der Waals surface area contributed by atoms with Gasteiger partial charge in [0.05, 0.1) is 6.61 Å².